The number of aliphatic hydroxyl groups is 1. The molecule has 0 unspecified atom stereocenters. The van der Waals surface area contributed by atoms with Crippen LogP contribution in [0.5, 0.6) is 6.01 Å². The number of ether oxygens (including phenoxy) is 2. The lowest BCUT2D eigenvalue weighted by atomic mass is 10.2. The third kappa shape index (κ3) is 6.16. The van der Waals surface area contributed by atoms with Crippen LogP contribution < -0.4 is 10.3 Å². The monoisotopic (exact) mass is 480 g/mol. The number of hydrogen-bond acceptors (Lipinski definition) is 9. The molecule has 1 aromatic heterocycles. The molecule has 0 spiro atoms. The second-order valence-electron chi connectivity index (χ2n) is 7.59. The lowest BCUT2D eigenvalue weighted by Gasteiger charge is -2.21. The van der Waals surface area contributed by atoms with Crippen molar-refractivity contribution in [1.29, 1.82) is 0 Å². The molecule has 0 radical (unpaired) electrons. The van der Waals surface area contributed by atoms with E-state index in [1.165, 1.54) is 6.20 Å². The van der Waals surface area contributed by atoms with Gasteiger partial charge < -0.3 is 23.6 Å². The van der Waals surface area contributed by atoms with Gasteiger partial charge >= 0.3 is 13.6 Å². The third-order valence-corrected chi connectivity index (χ3v) is 6.89. The Balaban J connectivity index is 1.74. The van der Waals surface area contributed by atoms with Gasteiger partial charge in [0, 0.05) is 30.2 Å². The van der Waals surface area contributed by atoms with Crippen molar-refractivity contribution in [1.82, 2.24) is 9.55 Å². The summed E-state index contributed by atoms with van der Waals surface area (Å²) in [5.74, 6) is -0.562. The Labute approximate surface area is 192 Å². The minimum atomic E-state index is -3.43. The zero-order valence-electron chi connectivity index (χ0n) is 18.9. The summed E-state index contributed by atoms with van der Waals surface area (Å²) >= 11 is 0. The van der Waals surface area contributed by atoms with Crippen molar-refractivity contribution in [2.75, 3.05) is 19.6 Å². The van der Waals surface area contributed by atoms with Gasteiger partial charge in [0.05, 0.1) is 25.4 Å². The van der Waals surface area contributed by atoms with Crippen LogP contribution in [0.1, 0.15) is 42.6 Å². The van der Waals surface area contributed by atoms with Gasteiger partial charge in [-0.05, 0) is 32.9 Å². The van der Waals surface area contributed by atoms with Crippen LogP contribution in [0, 0.1) is 6.92 Å². The minimum Gasteiger partial charge on any atom is -0.461 e. The molecule has 0 saturated heterocycles. The van der Waals surface area contributed by atoms with E-state index < -0.39 is 37.4 Å². The number of aromatic nitrogens is 2. The summed E-state index contributed by atoms with van der Waals surface area (Å²) in [6.45, 7) is 5.36. The van der Waals surface area contributed by atoms with E-state index in [2.05, 4.69) is 4.98 Å². The molecule has 1 heterocycles. The Morgan fingerprint density at radius 2 is 1.85 bits per heavy atom. The standard InChI is InChI=1S/C22H29N2O8P/c1-4-30-33(28,31-5-2)14-29-19-12-17(11-18(19)25)32-22-23-13-15(3)20(26)24(22)21(27)16-9-7-6-8-10-16/h6-10,13,17-19,25H,4-5,11-12,14H2,1-3H3/t17-,18-,19-/m0/s1. The number of aryl methyl sites for hydroxylation is 1. The zero-order chi connectivity index (χ0) is 24.0. The summed E-state index contributed by atoms with van der Waals surface area (Å²) in [4.78, 5) is 29.9. The van der Waals surface area contributed by atoms with Crippen LogP contribution in [0.15, 0.2) is 41.3 Å². The first-order chi connectivity index (χ1) is 15.8. The number of hydrogen-bond donors (Lipinski definition) is 1. The molecule has 1 aromatic carbocycles. The van der Waals surface area contributed by atoms with Gasteiger partial charge in [0.1, 0.15) is 12.5 Å². The molecule has 0 bridgehead atoms. The number of carbonyl (C=O) groups is 1. The molecule has 1 fully saturated rings. The minimum absolute atomic E-state index is 0.161. The number of carbonyl (C=O) groups excluding carboxylic acids is 1. The molecule has 180 valence electrons. The van der Waals surface area contributed by atoms with Gasteiger partial charge in [0.15, 0.2) is 0 Å². The number of nitrogens with zero attached hydrogens (tertiary/aromatic N) is 2. The van der Waals surface area contributed by atoms with E-state index in [1.807, 2.05) is 0 Å². The van der Waals surface area contributed by atoms with Crippen LogP contribution in [-0.4, -0.2) is 58.4 Å². The summed E-state index contributed by atoms with van der Waals surface area (Å²) in [5.41, 5.74) is 0.0728. The van der Waals surface area contributed by atoms with E-state index in [0.29, 0.717) is 11.1 Å². The average Bonchev–Trinajstić information content (AvgIpc) is 3.14. The molecule has 1 N–H and O–H groups in total. The Kier molecular flexibility index (Phi) is 8.56. The quantitative estimate of drug-likeness (QED) is 0.511. The Morgan fingerprint density at radius 1 is 1.18 bits per heavy atom. The van der Waals surface area contributed by atoms with Crippen LogP contribution in [0.4, 0.5) is 0 Å². The van der Waals surface area contributed by atoms with Crippen molar-refractivity contribution >= 4 is 13.5 Å². The van der Waals surface area contributed by atoms with Crippen molar-refractivity contribution in [2.24, 2.45) is 0 Å². The molecule has 11 heteroatoms. The molecule has 3 rings (SSSR count). The van der Waals surface area contributed by atoms with Gasteiger partial charge in [-0.25, -0.2) is 4.98 Å². The van der Waals surface area contributed by atoms with E-state index >= 15 is 0 Å². The SMILES string of the molecule is CCOP(=O)(CO[C@H]1C[C@@H](Oc2ncc(C)c(=O)n2C(=O)c2ccccc2)C[C@@H]1O)OCC. The number of rotatable bonds is 10. The summed E-state index contributed by atoms with van der Waals surface area (Å²) in [5, 5.41) is 10.4. The van der Waals surface area contributed by atoms with Crippen molar-refractivity contribution in [3.63, 3.8) is 0 Å². The van der Waals surface area contributed by atoms with Crippen LogP contribution in [0.25, 0.3) is 0 Å². The maximum absolute atomic E-state index is 13.0. The molecule has 10 nitrogen and oxygen atoms in total. The van der Waals surface area contributed by atoms with Crippen LogP contribution in [0.3, 0.4) is 0 Å². The Morgan fingerprint density at radius 3 is 2.48 bits per heavy atom. The van der Waals surface area contributed by atoms with Gasteiger partial charge in [-0.15, -0.1) is 0 Å². The Bertz CT molecular complexity index is 1050. The Hall–Kier alpha value is -2.36. The molecule has 1 saturated carbocycles. The van der Waals surface area contributed by atoms with Gasteiger partial charge in [-0.1, -0.05) is 18.2 Å². The highest BCUT2D eigenvalue weighted by Crippen LogP contribution is 2.48. The van der Waals surface area contributed by atoms with E-state index in [1.54, 1.807) is 51.1 Å². The summed E-state index contributed by atoms with van der Waals surface area (Å²) in [7, 11) is -3.43. The van der Waals surface area contributed by atoms with Gasteiger partial charge in [0.25, 0.3) is 11.5 Å². The first-order valence-corrected chi connectivity index (χ1v) is 12.5. The largest absolute Gasteiger partial charge is 0.461 e. The third-order valence-electron chi connectivity index (χ3n) is 5.12. The molecular weight excluding hydrogens is 451 g/mol. The number of aliphatic hydroxyl groups excluding tert-OH is 1. The molecule has 1 aliphatic carbocycles. The van der Waals surface area contributed by atoms with E-state index in [4.69, 9.17) is 18.5 Å². The smallest absolute Gasteiger partial charge is 0.356 e. The normalized spacial score (nSPS) is 20.7. The lowest BCUT2D eigenvalue weighted by Crippen LogP contribution is -2.32. The molecule has 0 amide bonds. The second-order valence-corrected chi connectivity index (χ2v) is 9.59. The van der Waals surface area contributed by atoms with Crippen LogP contribution in [0.2, 0.25) is 0 Å². The lowest BCUT2D eigenvalue weighted by molar-refractivity contribution is -0.00739. The fourth-order valence-corrected chi connectivity index (χ4v) is 4.93. The second kappa shape index (κ2) is 11.2. The molecule has 2 aromatic rings. The molecular formula is C22H29N2O8P. The first-order valence-electron chi connectivity index (χ1n) is 10.8. The van der Waals surface area contributed by atoms with Gasteiger partial charge in [0.2, 0.25) is 0 Å². The predicted octanol–water partition coefficient (Wildman–Crippen LogP) is 2.75. The van der Waals surface area contributed by atoms with Crippen LogP contribution >= 0.6 is 7.60 Å². The molecule has 3 atom stereocenters. The topological polar surface area (TPSA) is 126 Å². The zero-order valence-corrected chi connectivity index (χ0v) is 19.8. The fraction of sp³-hybridized carbons (Fsp3) is 0.500. The molecule has 0 aliphatic heterocycles. The highest BCUT2D eigenvalue weighted by molar-refractivity contribution is 7.53. The van der Waals surface area contributed by atoms with Gasteiger partial charge in [-0.2, -0.15) is 4.57 Å². The average molecular weight is 480 g/mol. The maximum atomic E-state index is 13.0. The summed E-state index contributed by atoms with van der Waals surface area (Å²) in [6.07, 6.45) is -0.700. The maximum Gasteiger partial charge on any atom is 0.356 e. The highest BCUT2D eigenvalue weighted by atomic mass is 31.2. The van der Waals surface area contributed by atoms with Crippen molar-refractivity contribution < 1.29 is 33.0 Å². The van der Waals surface area contributed by atoms with Crippen LogP contribution in [-0.2, 0) is 18.3 Å². The highest BCUT2D eigenvalue weighted by Gasteiger charge is 2.38. The van der Waals surface area contributed by atoms with Crippen molar-refractivity contribution in [2.45, 2.75) is 51.9 Å². The summed E-state index contributed by atoms with van der Waals surface area (Å²) in [6, 6.07) is 8.19. The molecule has 33 heavy (non-hydrogen) atoms. The number of benzene rings is 1. The van der Waals surface area contributed by atoms with E-state index in [0.717, 1.165) is 4.57 Å². The predicted molar refractivity (Wildman–Crippen MR) is 120 cm³/mol. The first kappa shape index (κ1) is 25.3. The molecule has 1 aliphatic rings. The summed E-state index contributed by atoms with van der Waals surface area (Å²) < 4.78 is 35.4. The van der Waals surface area contributed by atoms with E-state index in [9.17, 15) is 19.3 Å². The van der Waals surface area contributed by atoms with Crippen molar-refractivity contribution in [3.05, 3.63) is 58.0 Å². The fourth-order valence-electron chi connectivity index (χ4n) is 3.55. The van der Waals surface area contributed by atoms with E-state index in [-0.39, 0.29) is 38.4 Å². The van der Waals surface area contributed by atoms with Gasteiger partial charge in [-0.3, -0.25) is 14.2 Å². The van der Waals surface area contributed by atoms with Crippen molar-refractivity contribution in [3.8, 4) is 6.01 Å².